The minimum Gasteiger partial charge on any atom is -0.380 e. The second kappa shape index (κ2) is 8.17. The summed E-state index contributed by atoms with van der Waals surface area (Å²) >= 11 is 1.23. The van der Waals surface area contributed by atoms with E-state index in [0.717, 1.165) is 54.0 Å². The highest BCUT2D eigenvalue weighted by Gasteiger charge is 2.50. The molecular weight excluding hydrogens is 468 g/mol. The number of anilines is 3. The number of nitrogens with one attached hydrogen (secondary N) is 3. The van der Waals surface area contributed by atoms with Crippen LogP contribution in [0.2, 0.25) is 0 Å². The quantitative estimate of drug-likeness (QED) is 0.377. The zero-order chi connectivity index (χ0) is 24.2. The van der Waals surface area contributed by atoms with Crippen molar-refractivity contribution in [1.82, 2.24) is 29.9 Å². The summed E-state index contributed by atoms with van der Waals surface area (Å²) in [5.74, 6) is 0.405. The number of fused-ring (bicyclic) bond motifs is 1. The fourth-order valence-electron chi connectivity index (χ4n) is 4.48. The van der Waals surface area contributed by atoms with Gasteiger partial charge in [0.15, 0.2) is 10.9 Å². The van der Waals surface area contributed by atoms with E-state index in [-0.39, 0.29) is 23.8 Å². The lowest BCUT2D eigenvalue weighted by atomic mass is 9.78. The zero-order valence-electron chi connectivity index (χ0n) is 19.3. The molecule has 0 bridgehead atoms. The van der Waals surface area contributed by atoms with Crippen molar-refractivity contribution in [3.05, 3.63) is 46.7 Å². The number of hydrogen-bond acceptors (Lipinski definition) is 8. The number of carbonyl (C=O) groups excluding carboxylic acids is 2. The fraction of sp³-hybridized carbons (Fsp3) is 0.348. The smallest absolute Gasteiger partial charge is 0.267 e. The molecule has 0 aliphatic carbocycles. The van der Waals surface area contributed by atoms with Gasteiger partial charge in [0.25, 0.3) is 5.91 Å². The average molecular weight is 493 g/mol. The van der Waals surface area contributed by atoms with Gasteiger partial charge in [-0.2, -0.15) is 10.2 Å². The summed E-state index contributed by atoms with van der Waals surface area (Å²) < 4.78 is 6.91. The number of rotatable bonds is 6. The van der Waals surface area contributed by atoms with Gasteiger partial charge in [-0.1, -0.05) is 17.4 Å². The molecule has 2 saturated heterocycles. The second-order valence-electron chi connectivity index (χ2n) is 9.30. The topological polar surface area (TPSA) is 130 Å². The van der Waals surface area contributed by atoms with Gasteiger partial charge in [-0.15, -0.1) is 0 Å². The van der Waals surface area contributed by atoms with E-state index in [2.05, 4.69) is 30.9 Å². The minimum absolute atomic E-state index is 0.0488. The molecule has 2 aliphatic heterocycles. The maximum atomic E-state index is 12.9. The number of hydrogen-bond donors (Lipinski definition) is 3. The van der Waals surface area contributed by atoms with E-state index >= 15 is 0 Å². The number of ether oxygens (including phenoxy) is 1. The Morgan fingerprint density at radius 3 is 2.80 bits per heavy atom. The average Bonchev–Trinajstić information content (AvgIpc) is 3.49. The number of carbonyl (C=O) groups is 2. The van der Waals surface area contributed by atoms with Crippen LogP contribution in [-0.2, 0) is 16.1 Å². The molecule has 3 N–H and O–H groups in total. The molecule has 3 aromatic heterocycles. The van der Waals surface area contributed by atoms with Gasteiger partial charge in [-0.3, -0.25) is 19.4 Å². The molecule has 0 radical (unpaired) electrons. The molecule has 2 fully saturated rings. The van der Waals surface area contributed by atoms with Crippen LogP contribution in [0.15, 0.2) is 30.7 Å². The first-order chi connectivity index (χ1) is 16.9. The molecule has 12 heteroatoms. The van der Waals surface area contributed by atoms with Crippen molar-refractivity contribution in [3.63, 3.8) is 0 Å². The molecule has 180 valence electrons. The Morgan fingerprint density at radius 2 is 2.03 bits per heavy atom. The van der Waals surface area contributed by atoms with Crippen molar-refractivity contribution < 1.29 is 14.3 Å². The lowest BCUT2D eigenvalue weighted by Crippen LogP contribution is -2.67. The van der Waals surface area contributed by atoms with E-state index in [9.17, 15) is 9.59 Å². The van der Waals surface area contributed by atoms with Crippen LogP contribution in [-0.4, -0.2) is 68.0 Å². The SMILES string of the molecule is Cc1cn(CC(=O)N2CC3(COC3)C2)nc1Nc1ncc(C(=O)Nc2c(C)ccc3[nH]ncc23)s1. The van der Waals surface area contributed by atoms with E-state index in [0.29, 0.717) is 15.8 Å². The molecule has 2 amide bonds. The largest absolute Gasteiger partial charge is 0.380 e. The highest BCUT2D eigenvalue weighted by molar-refractivity contribution is 7.17. The molecule has 11 nitrogen and oxygen atoms in total. The van der Waals surface area contributed by atoms with Crippen molar-refractivity contribution in [2.24, 2.45) is 5.41 Å². The molecule has 1 spiro atoms. The molecule has 0 atom stereocenters. The van der Waals surface area contributed by atoms with Crippen LogP contribution < -0.4 is 10.6 Å². The van der Waals surface area contributed by atoms with Crippen LogP contribution in [0.25, 0.3) is 10.9 Å². The summed E-state index contributed by atoms with van der Waals surface area (Å²) in [6.45, 7) is 7.05. The molecule has 4 aromatic rings. The Bertz CT molecular complexity index is 1440. The monoisotopic (exact) mass is 492 g/mol. The molecular formula is C23H24N8O3S. The first-order valence-corrected chi connectivity index (χ1v) is 12.1. The number of amides is 2. The Balaban J connectivity index is 1.10. The normalized spacial score (nSPS) is 16.2. The van der Waals surface area contributed by atoms with Crippen LogP contribution in [0.4, 0.5) is 16.6 Å². The zero-order valence-corrected chi connectivity index (χ0v) is 20.1. The van der Waals surface area contributed by atoms with Crippen molar-refractivity contribution in [2.45, 2.75) is 20.4 Å². The third-order valence-corrected chi connectivity index (χ3v) is 7.40. The number of thiazole rings is 1. The third-order valence-electron chi connectivity index (χ3n) is 6.49. The maximum Gasteiger partial charge on any atom is 0.267 e. The molecule has 6 rings (SSSR count). The lowest BCUT2D eigenvalue weighted by Gasteiger charge is -2.54. The van der Waals surface area contributed by atoms with E-state index in [1.54, 1.807) is 10.9 Å². The number of aromatic nitrogens is 5. The van der Waals surface area contributed by atoms with Crippen molar-refractivity contribution >= 4 is 50.7 Å². The molecule has 5 heterocycles. The van der Waals surface area contributed by atoms with Crippen molar-refractivity contribution in [1.29, 1.82) is 0 Å². The van der Waals surface area contributed by atoms with Gasteiger partial charge in [0.05, 0.1) is 42.2 Å². The summed E-state index contributed by atoms with van der Waals surface area (Å²) in [4.78, 5) is 32.1. The van der Waals surface area contributed by atoms with Gasteiger partial charge in [-0.25, -0.2) is 4.98 Å². The van der Waals surface area contributed by atoms with Crippen LogP contribution >= 0.6 is 11.3 Å². The Labute approximate surface area is 204 Å². The fourth-order valence-corrected chi connectivity index (χ4v) is 5.19. The van der Waals surface area contributed by atoms with Gasteiger partial charge >= 0.3 is 0 Å². The van der Waals surface area contributed by atoms with Gasteiger partial charge < -0.3 is 20.3 Å². The van der Waals surface area contributed by atoms with Gasteiger partial charge in [0, 0.05) is 30.2 Å². The summed E-state index contributed by atoms with van der Waals surface area (Å²) in [6.07, 6.45) is 5.06. The summed E-state index contributed by atoms with van der Waals surface area (Å²) in [6, 6.07) is 3.86. The number of nitrogens with zero attached hydrogens (tertiary/aromatic N) is 5. The Morgan fingerprint density at radius 1 is 1.20 bits per heavy atom. The second-order valence-corrected chi connectivity index (χ2v) is 10.3. The number of H-pyrrole nitrogens is 1. The Kier molecular flexibility index (Phi) is 5.07. The van der Waals surface area contributed by atoms with Gasteiger partial charge in [0.1, 0.15) is 11.4 Å². The lowest BCUT2D eigenvalue weighted by molar-refractivity contribution is -0.195. The van der Waals surface area contributed by atoms with Gasteiger partial charge in [-0.05, 0) is 25.5 Å². The minimum atomic E-state index is -0.246. The van der Waals surface area contributed by atoms with E-state index in [1.807, 2.05) is 37.1 Å². The van der Waals surface area contributed by atoms with Crippen LogP contribution in [0.5, 0.6) is 0 Å². The van der Waals surface area contributed by atoms with Crippen LogP contribution in [0.3, 0.4) is 0 Å². The molecule has 2 aliphatic rings. The molecule has 0 saturated carbocycles. The molecule has 1 aromatic carbocycles. The standard InChI is InChI=1S/C23H24N8O3S/c1-13-3-4-16-15(5-25-28-16)19(13)26-21(33)17-6-24-22(35-17)27-20-14(2)7-31(29-20)8-18(32)30-9-23(10-30)11-34-12-23/h3-7H,8-12H2,1-2H3,(H,25,28)(H,26,33)(H,24,27,29). The molecule has 35 heavy (non-hydrogen) atoms. The summed E-state index contributed by atoms with van der Waals surface area (Å²) in [5, 5.41) is 19.0. The number of likely N-dealkylation sites (tertiary alicyclic amines) is 1. The molecule has 0 unspecified atom stereocenters. The predicted octanol–water partition coefficient (Wildman–Crippen LogP) is 2.69. The third kappa shape index (κ3) is 3.94. The number of aromatic amines is 1. The Hall–Kier alpha value is -3.77. The first kappa shape index (κ1) is 21.7. The highest BCUT2D eigenvalue weighted by atomic mass is 32.1. The highest BCUT2D eigenvalue weighted by Crippen LogP contribution is 2.37. The van der Waals surface area contributed by atoms with E-state index < -0.39 is 0 Å². The summed E-state index contributed by atoms with van der Waals surface area (Å²) in [7, 11) is 0. The predicted molar refractivity (Wildman–Crippen MR) is 131 cm³/mol. The first-order valence-electron chi connectivity index (χ1n) is 11.3. The summed E-state index contributed by atoms with van der Waals surface area (Å²) in [5.41, 5.74) is 3.60. The van der Waals surface area contributed by atoms with Crippen LogP contribution in [0, 0.1) is 19.3 Å². The van der Waals surface area contributed by atoms with Crippen molar-refractivity contribution in [2.75, 3.05) is 36.9 Å². The van der Waals surface area contributed by atoms with Crippen molar-refractivity contribution in [3.8, 4) is 0 Å². The van der Waals surface area contributed by atoms with Crippen LogP contribution in [0.1, 0.15) is 20.8 Å². The number of aryl methyl sites for hydroxylation is 2. The number of benzene rings is 1. The van der Waals surface area contributed by atoms with Gasteiger partial charge in [0.2, 0.25) is 5.91 Å². The van der Waals surface area contributed by atoms with E-state index in [1.165, 1.54) is 17.5 Å². The maximum absolute atomic E-state index is 12.9. The van der Waals surface area contributed by atoms with E-state index in [4.69, 9.17) is 4.74 Å².